The fourth-order valence-corrected chi connectivity index (χ4v) is 2.80. The molecule has 2 rings (SSSR count). The Balaban J connectivity index is 2.01. The Labute approximate surface area is 130 Å². The third-order valence-electron chi connectivity index (χ3n) is 3.84. The van der Waals surface area contributed by atoms with Crippen molar-refractivity contribution in [2.24, 2.45) is 0 Å². The third kappa shape index (κ3) is 3.68. The van der Waals surface area contributed by atoms with Gasteiger partial charge in [0.2, 0.25) is 0 Å². The van der Waals surface area contributed by atoms with Gasteiger partial charge in [0, 0.05) is 5.02 Å². The molecule has 1 aliphatic rings. The normalized spacial score (nSPS) is 17.8. The summed E-state index contributed by atoms with van der Waals surface area (Å²) in [6.07, 6.45) is 2.71. The number of halogens is 1. The van der Waals surface area contributed by atoms with Crippen molar-refractivity contribution in [2.75, 3.05) is 0 Å². The van der Waals surface area contributed by atoms with Crippen molar-refractivity contribution in [1.82, 2.24) is 5.32 Å². The molecule has 1 saturated carbocycles. The summed E-state index contributed by atoms with van der Waals surface area (Å²) in [7, 11) is 0. The van der Waals surface area contributed by atoms with Gasteiger partial charge in [-0.15, -0.1) is 0 Å². The number of carbonyl (C=O) groups excluding carboxylic acids is 1. The molecule has 0 saturated heterocycles. The van der Waals surface area contributed by atoms with E-state index in [-0.39, 0.29) is 5.91 Å². The summed E-state index contributed by atoms with van der Waals surface area (Å²) < 4.78 is 5.68. The van der Waals surface area contributed by atoms with Crippen LogP contribution in [0.5, 0.6) is 5.75 Å². The highest BCUT2D eigenvalue weighted by molar-refractivity contribution is 6.30. The maximum Gasteiger partial charge on any atom is 0.262 e. The highest BCUT2D eigenvalue weighted by Gasteiger charge is 2.36. The number of carbonyl (C=O) groups is 1. The van der Waals surface area contributed by atoms with Crippen LogP contribution < -0.4 is 10.1 Å². The number of rotatable bonds is 4. The fourth-order valence-electron chi connectivity index (χ4n) is 2.57. The van der Waals surface area contributed by atoms with Crippen LogP contribution in [0.1, 0.15) is 38.2 Å². The van der Waals surface area contributed by atoms with Gasteiger partial charge in [0.1, 0.15) is 11.3 Å². The first kappa shape index (κ1) is 15.7. The van der Waals surface area contributed by atoms with Crippen LogP contribution in [0.25, 0.3) is 0 Å². The predicted molar refractivity (Wildman–Crippen MR) is 81.2 cm³/mol. The largest absolute Gasteiger partial charge is 0.481 e. The molecule has 4 nitrogen and oxygen atoms in total. The molecule has 1 atom stereocenters. The second kappa shape index (κ2) is 6.36. The van der Waals surface area contributed by atoms with Gasteiger partial charge >= 0.3 is 0 Å². The van der Waals surface area contributed by atoms with E-state index in [1.165, 1.54) is 0 Å². The van der Waals surface area contributed by atoms with E-state index in [2.05, 4.69) is 11.4 Å². The lowest BCUT2D eigenvalue weighted by Gasteiger charge is -2.24. The van der Waals surface area contributed by atoms with E-state index in [1.807, 2.05) is 6.92 Å². The van der Waals surface area contributed by atoms with Crippen LogP contribution in [-0.2, 0) is 4.79 Å². The van der Waals surface area contributed by atoms with Crippen molar-refractivity contribution in [2.45, 2.75) is 51.2 Å². The topological polar surface area (TPSA) is 62.1 Å². The van der Waals surface area contributed by atoms with E-state index >= 15 is 0 Å². The Morgan fingerprint density at radius 3 is 2.71 bits per heavy atom. The van der Waals surface area contributed by atoms with E-state index in [9.17, 15) is 10.1 Å². The Bertz CT molecular complexity index is 574. The van der Waals surface area contributed by atoms with E-state index in [1.54, 1.807) is 25.1 Å². The first-order chi connectivity index (χ1) is 9.96. The van der Waals surface area contributed by atoms with Gasteiger partial charge in [0.25, 0.3) is 5.91 Å². The van der Waals surface area contributed by atoms with Crippen LogP contribution >= 0.6 is 11.6 Å². The molecule has 1 aromatic carbocycles. The van der Waals surface area contributed by atoms with Crippen molar-refractivity contribution in [3.8, 4) is 11.8 Å². The van der Waals surface area contributed by atoms with Crippen molar-refractivity contribution in [3.63, 3.8) is 0 Å². The zero-order valence-corrected chi connectivity index (χ0v) is 13.0. The standard InChI is InChI=1S/C16H19ClN2O2/c1-11-9-13(17)5-6-14(11)21-12(2)15(20)19-16(10-18)7-3-4-8-16/h5-6,9,12H,3-4,7-8H2,1-2H3,(H,19,20). The summed E-state index contributed by atoms with van der Waals surface area (Å²) in [4.78, 5) is 12.2. The lowest BCUT2D eigenvalue weighted by molar-refractivity contribution is -0.128. The molecule has 1 unspecified atom stereocenters. The zero-order valence-electron chi connectivity index (χ0n) is 12.3. The van der Waals surface area contributed by atoms with Crippen molar-refractivity contribution in [3.05, 3.63) is 28.8 Å². The summed E-state index contributed by atoms with van der Waals surface area (Å²) in [6.45, 7) is 3.56. The lowest BCUT2D eigenvalue weighted by Crippen LogP contribution is -2.49. The van der Waals surface area contributed by atoms with E-state index in [4.69, 9.17) is 16.3 Å². The minimum Gasteiger partial charge on any atom is -0.481 e. The van der Waals surface area contributed by atoms with Crippen LogP contribution in [0.2, 0.25) is 5.02 Å². The Hall–Kier alpha value is -1.73. The molecule has 1 N–H and O–H groups in total. The van der Waals surface area contributed by atoms with Gasteiger partial charge < -0.3 is 10.1 Å². The average Bonchev–Trinajstić information content (AvgIpc) is 2.91. The molecule has 112 valence electrons. The van der Waals surface area contributed by atoms with Crippen molar-refractivity contribution in [1.29, 1.82) is 5.26 Å². The number of aryl methyl sites for hydroxylation is 1. The molecule has 0 aliphatic heterocycles. The smallest absolute Gasteiger partial charge is 0.262 e. The average molecular weight is 307 g/mol. The number of nitriles is 1. The van der Waals surface area contributed by atoms with Gasteiger partial charge in [-0.2, -0.15) is 5.26 Å². The van der Waals surface area contributed by atoms with Crippen molar-refractivity contribution >= 4 is 17.5 Å². The highest BCUT2D eigenvalue weighted by atomic mass is 35.5. The minimum absolute atomic E-state index is 0.257. The van der Waals surface area contributed by atoms with Crippen LogP contribution in [-0.4, -0.2) is 17.6 Å². The molecule has 0 radical (unpaired) electrons. The van der Waals surface area contributed by atoms with Gasteiger partial charge in [-0.25, -0.2) is 0 Å². The van der Waals surface area contributed by atoms with E-state index in [0.29, 0.717) is 23.6 Å². The number of benzene rings is 1. The van der Waals surface area contributed by atoms with Gasteiger partial charge in [0.15, 0.2) is 6.10 Å². The van der Waals surface area contributed by atoms with Crippen LogP contribution in [0, 0.1) is 18.3 Å². The molecule has 1 fully saturated rings. The molecule has 1 amide bonds. The van der Waals surface area contributed by atoms with Crippen LogP contribution in [0.15, 0.2) is 18.2 Å². The number of ether oxygens (including phenoxy) is 1. The van der Waals surface area contributed by atoms with Gasteiger partial charge in [-0.3, -0.25) is 4.79 Å². The SMILES string of the molecule is Cc1cc(Cl)ccc1OC(C)C(=O)NC1(C#N)CCCC1. The zero-order chi connectivity index (χ0) is 15.5. The van der Waals surface area contributed by atoms with E-state index in [0.717, 1.165) is 18.4 Å². The fraction of sp³-hybridized carbons (Fsp3) is 0.500. The number of nitrogens with zero attached hydrogens (tertiary/aromatic N) is 1. The third-order valence-corrected chi connectivity index (χ3v) is 4.08. The van der Waals surface area contributed by atoms with E-state index < -0.39 is 11.6 Å². The molecule has 21 heavy (non-hydrogen) atoms. The number of hydrogen-bond acceptors (Lipinski definition) is 3. The van der Waals surface area contributed by atoms with Crippen LogP contribution in [0.3, 0.4) is 0 Å². The summed E-state index contributed by atoms with van der Waals surface area (Å²) in [5.41, 5.74) is 0.155. The monoisotopic (exact) mass is 306 g/mol. The molecule has 1 aliphatic carbocycles. The minimum atomic E-state index is -0.719. The Kier molecular flexibility index (Phi) is 4.74. The molecular formula is C16H19ClN2O2. The maximum absolute atomic E-state index is 12.2. The Morgan fingerprint density at radius 2 is 2.14 bits per heavy atom. The molecular weight excluding hydrogens is 288 g/mol. The summed E-state index contributed by atoms with van der Waals surface area (Å²) in [5, 5.41) is 12.8. The summed E-state index contributed by atoms with van der Waals surface area (Å²) >= 11 is 5.90. The molecule has 0 bridgehead atoms. The summed E-state index contributed by atoms with van der Waals surface area (Å²) in [5.74, 6) is 0.368. The second-order valence-electron chi connectivity index (χ2n) is 5.56. The van der Waals surface area contributed by atoms with Crippen LogP contribution in [0.4, 0.5) is 0 Å². The molecule has 0 heterocycles. The molecule has 0 aromatic heterocycles. The van der Waals surface area contributed by atoms with Gasteiger partial charge in [-0.05, 0) is 63.3 Å². The lowest BCUT2D eigenvalue weighted by atomic mass is 9.99. The predicted octanol–water partition coefficient (Wildman–Crippen LogP) is 3.37. The first-order valence-electron chi connectivity index (χ1n) is 7.12. The summed E-state index contributed by atoms with van der Waals surface area (Å²) in [6, 6.07) is 7.50. The molecule has 0 spiro atoms. The molecule has 1 aromatic rings. The quantitative estimate of drug-likeness (QED) is 0.927. The number of hydrogen-bond donors (Lipinski definition) is 1. The molecule has 5 heteroatoms. The second-order valence-corrected chi connectivity index (χ2v) is 6.00. The number of amides is 1. The number of nitrogens with one attached hydrogen (secondary N) is 1. The maximum atomic E-state index is 12.2. The highest BCUT2D eigenvalue weighted by Crippen LogP contribution is 2.29. The van der Waals surface area contributed by atoms with Gasteiger partial charge in [-0.1, -0.05) is 11.6 Å². The van der Waals surface area contributed by atoms with Gasteiger partial charge in [0.05, 0.1) is 6.07 Å². The van der Waals surface area contributed by atoms with Crippen molar-refractivity contribution < 1.29 is 9.53 Å². The Morgan fingerprint density at radius 1 is 1.48 bits per heavy atom. The first-order valence-corrected chi connectivity index (χ1v) is 7.50.